The maximum absolute atomic E-state index is 14.5. The number of benzene rings is 1. The van der Waals surface area contributed by atoms with Gasteiger partial charge in [-0.15, -0.1) is 0 Å². The third-order valence-electron chi connectivity index (χ3n) is 5.45. The molecule has 130 valence electrons. The van der Waals surface area contributed by atoms with Crippen LogP contribution in [0.4, 0.5) is 8.78 Å². The van der Waals surface area contributed by atoms with Crippen molar-refractivity contribution in [3.8, 4) is 0 Å². The molecule has 24 heavy (non-hydrogen) atoms. The lowest BCUT2D eigenvalue weighted by Crippen LogP contribution is -2.44. The quantitative estimate of drug-likeness (QED) is 0.640. The summed E-state index contributed by atoms with van der Waals surface area (Å²) in [5.41, 5.74) is 2.68. The number of alkyl halides is 3. The summed E-state index contributed by atoms with van der Waals surface area (Å²) in [4.78, 5) is 0. The van der Waals surface area contributed by atoms with Crippen molar-refractivity contribution < 1.29 is 13.5 Å². The second-order valence-corrected chi connectivity index (χ2v) is 8.19. The lowest BCUT2D eigenvalue weighted by Gasteiger charge is -2.40. The van der Waals surface area contributed by atoms with Crippen LogP contribution in [0, 0.1) is 0 Å². The molecule has 2 heterocycles. The van der Waals surface area contributed by atoms with Gasteiger partial charge in [-0.25, -0.2) is 13.5 Å². The topological polar surface area (TPSA) is 27.1 Å². The first-order chi connectivity index (χ1) is 11.5. The van der Waals surface area contributed by atoms with Crippen molar-refractivity contribution in [2.45, 2.75) is 61.9 Å². The molecule has 0 bridgehead atoms. The molecule has 0 saturated carbocycles. The molecule has 2 atom stereocenters. The minimum atomic E-state index is -2.75. The van der Waals surface area contributed by atoms with Crippen LogP contribution in [-0.2, 0) is 15.5 Å². The minimum absolute atomic E-state index is 0.0424. The van der Waals surface area contributed by atoms with E-state index < -0.39 is 10.2 Å². The summed E-state index contributed by atoms with van der Waals surface area (Å²) < 4.78 is 35.6. The Morgan fingerprint density at radius 1 is 1.38 bits per heavy atom. The van der Waals surface area contributed by atoms with Crippen molar-refractivity contribution in [1.29, 1.82) is 0 Å². The van der Waals surface area contributed by atoms with Crippen LogP contribution < -0.4 is 0 Å². The Morgan fingerprint density at radius 3 is 2.92 bits per heavy atom. The van der Waals surface area contributed by atoms with E-state index in [0.717, 1.165) is 42.3 Å². The maximum atomic E-state index is 14.5. The Balaban J connectivity index is 1.83. The fourth-order valence-electron chi connectivity index (χ4n) is 3.99. The van der Waals surface area contributed by atoms with E-state index in [9.17, 15) is 8.78 Å². The number of hydrogen-bond acceptors (Lipinski definition) is 2. The van der Waals surface area contributed by atoms with E-state index in [4.69, 9.17) is 4.74 Å². The zero-order valence-corrected chi connectivity index (χ0v) is 15.3. The van der Waals surface area contributed by atoms with Gasteiger partial charge in [-0.05, 0) is 55.4 Å². The highest BCUT2D eigenvalue weighted by Crippen LogP contribution is 2.54. The molecule has 1 aromatic carbocycles. The molecule has 2 aliphatic rings. The van der Waals surface area contributed by atoms with Gasteiger partial charge in [0.05, 0.1) is 11.7 Å². The number of rotatable bonds is 2. The van der Waals surface area contributed by atoms with Gasteiger partial charge >= 0.3 is 0 Å². The molecule has 1 fully saturated rings. The normalized spacial score (nSPS) is 29.6. The van der Waals surface area contributed by atoms with Crippen LogP contribution in [0.2, 0.25) is 0 Å². The zero-order valence-electron chi connectivity index (χ0n) is 13.7. The van der Waals surface area contributed by atoms with Crippen LogP contribution in [0.15, 0.2) is 18.3 Å². The first-order valence-corrected chi connectivity index (χ1v) is 9.44. The van der Waals surface area contributed by atoms with Crippen LogP contribution in [0.25, 0.3) is 10.9 Å². The van der Waals surface area contributed by atoms with Crippen molar-refractivity contribution in [3.63, 3.8) is 0 Å². The van der Waals surface area contributed by atoms with E-state index in [0.29, 0.717) is 18.4 Å². The van der Waals surface area contributed by atoms with E-state index in [2.05, 4.69) is 21.0 Å². The molecule has 4 rings (SSSR count). The molecule has 0 radical (unpaired) electrons. The number of fused-ring (bicyclic) bond motifs is 2. The molecule has 6 heteroatoms. The molecule has 2 aromatic rings. The van der Waals surface area contributed by atoms with Crippen LogP contribution in [-0.4, -0.2) is 22.3 Å². The monoisotopic (exact) mass is 398 g/mol. The summed E-state index contributed by atoms with van der Waals surface area (Å²) in [7, 11) is 0. The van der Waals surface area contributed by atoms with Gasteiger partial charge < -0.3 is 4.74 Å². The smallest absolute Gasteiger partial charge is 0.267 e. The Bertz CT molecular complexity index is 770. The summed E-state index contributed by atoms with van der Waals surface area (Å²) in [6, 6.07) is 3.93. The standard InChI is InChI=1S/C18H21BrF2N2O/c1-2-17(19)14-9-13-11-22-23(16-5-3-4-8-24-16)15(13)10-12(14)6-7-18(17,20)21/h9-11,16H,2-8H2,1H3. The summed E-state index contributed by atoms with van der Waals surface area (Å²) >= 11 is 3.38. The molecule has 3 nitrogen and oxygen atoms in total. The molecule has 0 spiro atoms. The van der Waals surface area contributed by atoms with Crippen molar-refractivity contribution in [3.05, 3.63) is 29.5 Å². The SMILES string of the molecule is CCC1(Br)c2cc3cnn(C4CCCCO4)c3cc2CCC1(F)F. The number of aromatic nitrogens is 2. The van der Waals surface area contributed by atoms with Gasteiger partial charge in [0.25, 0.3) is 5.92 Å². The molecule has 0 N–H and O–H groups in total. The Hall–Kier alpha value is -1.01. The first kappa shape index (κ1) is 16.5. The zero-order chi connectivity index (χ0) is 16.9. The van der Waals surface area contributed by atoms with Crippen molar-refractivity contribution in [2.24, 2.45) is 0 Å². The molecule has 0 amide bonds. The van der Waals surface area contributed by atoms with Gasteiger partial charge in [-0.3, -0.25) is 0 Å². The van der Waals surface area contributed by atoms with E-state index in [1.54, 1.807) is 13.1 Å². The average Bonchev–Trinajstić information content (AvgIpc) is 3.01. The van der Waals surface area contributed by atoms with E-state index >= 15 is 0 Å². The summed E-state index contributed by atoms with van der Waals surface area (Å²) in [6.07, 6.45) is 5.50. The second-order valence-electron chi connectivity index (χ2n) is 6.84. The molecule has 1 aromatic heterocycles. The number of aryl methyl sites for hydroxylation is 1. The van der Waals surface area contributed by atoms with E-state index in [1.165, 1.54) is 0 Å². The second kappa shape index (κ2) is 5.77. The number of ether oxygens (including phenoxy) is 1. The van der Waals surface area contributed by atoms with Gasteiger partial charge in [0.15, 0.2) is 6.23 Å². The molecular formula is C18H21BrF2N2O. The van der Waals surface area contributed by atoms with Gasteiger partial charge in [-0.2, -0.15) is 5.10 Å². The summed E-state index contributed by atoms with van der Waals surface area (Å²) in [5, 5.41) is 5.39. The van der Waals surface area contributed by atoms with E-state index in [-0.39, 0.29) is 12.6 Å². The molecule has 1 aliphatic heterocycles. The summed E-state index contributed by atoms with van der Waals surface area (Å²) in [6.45, 7) is 2.56. The van der Waals surface area contributed by atoms with Gasteiger partial charge in [0.2, 0.25) is 0 Å². The highest BCUT2D eigenvalue weighted by Gasteiger charge is 2.54. The first-order valence-electron chi connectivity index (χ1n) is 8.65. The van der Waals surface area contributed by atoms with E-state index in [1.807, 2.05) is 16.8 Å². The number of hydrogen-bond donors (Lipinski definition) is 0. The fourth-order valence-corrected chi connectivity index (χ4v) is 4.56. The predicted molar refractivity (Wildman–Crippen MR) is 92.7 cm³/mol. The lowest BCUT2D eigenvalue weighted by atomic mass is 9.78. The number of nitrogens with zero attached hydrogens (tertiary/aromatic N) is 2. The summed E-state index contributed by atoms with van der Waals surface area (Å²) in [5.74, 6) is -2.75. The largest absolute Gasteiger partial charge is 0.356 e. The van der Waals surface area contributed by atoms with Gasteiger partial charge in [0, 0.05) is 18.4 Å². The van der Waals surface area contributed by atoms with Crippen LogP contribution in [0.1, 0.15) is 56.4 Å². The minimum Gasteiger partial charge on any atom is -0.356 e. The van der Waals surface area contributed by atoms with Crippen molar-refractivity contribution in [2.75, 3.05) is 6.61 Å². The van der Waals surface area contributed by atoms with Crippen LogP contribution in [0.5, 0.6) is 0 Å². The lowest BCUT2D eigenvalue weighted by molar-refractivity contribution is -0.0542. The van der Waals surface area contributed by atoms with Crippen molar-refractivity contribution in [1.82, 2.24) is 9.78 Å². The fraction of sp³-hybridized carbons (Fsp3) is 0.611. The molecule has 1 saturated heterocycles. The highest BCUT2D eigenvalue weighted by atomic mass is 79.9. The van der Waals surface area contributed by atoms with Gasteiger partial charge in [-0.1, -0.05) is 22.9 Å². The van der Waals surface area contributed by atoms with Gasteiger partial charge in [0.1, 0.15) is 4.32 Å². The van der Waals surface area contributed by atoms with Crippen LogP contribution in [0.3, 0.4) is 0 Å². The molecule has 2 unspecified atom stereocenters. The Labute approximate surface area is 148 Å². The number of halogens is 3. The average molecular weight is 399 g/mol. The third kappa shape index (κ3) is 2.33. The molecular weight excluding hydrogens is 378 g/mol. The van der Waals surface area contributed by atoms with Crippen molar-refractivity contribution >= 4 is 26.8 Å². The third-order valence-corrected chi connectivity index (χ3v) is 7.02. The maximum Gasteiger partial charge on any atom is 0.267 e. The highest BCUT2D eigenvalue weighted by molar-refractivity contribution is 9.09. The predicted octanol–water partition coefficient (Wildman–Crippen LogP) is 5.32. The Morgan fingerprint density at radius 2 is 2.21 bits per heavy atom. The van der Waals surface area contributed by atoms with Crippen LogP contribution >= 0.6 is 15.9 Å². The molecule has 1 aliphatic carbocycles. The Kier molecular flexibility index (Phi) is 3.95.